The average molecular weight is 503 g/mol. The molecule has 3 N–H and O–H groups in total. The topological polar surface area (TPSA) is 117 Å². The van der Waals surface area contributed by atoms with E-state index in [0.29, 0.717) is 38.5 Å². The molecule has 34 heavy (non-hydrogen) atoms. The zero-order chi connectivity index (χ0) is 24.1. The lowest BCUT2D eigenvalue weighted by Gasteiger charge is -2.33. The van der Waals surface area contributed by atoms with Gasteiger partial charge in [0.1, 0.15) is 6.04 Å². The SMILES string of the molecule is CCCCCOC(=O)C(CNC(=O)[C@@H]1CCCN(C(=O)CCC2CCNCC2)C1)NC(C)=O.Cl. The molecule has 2 rings (SSSR count). The summed E-state index contributed by atoms with van der Waals surface area (Å²) in [5, 5.41) is 8.68. The van der Waals surface area contributed by atoms with Crippen LogP contribution in [0, 0.1) is 11.8 Å². The third-order valence-electron chi connectivity index (χ3n) is 6.50. The number of carbonyl (C=O) groups is 4. The molecule has 0 spiro atoms. The summed E-state index contributed by atoms with van der Waals surface area (Å²) in [6.07, 6.45) is 7.92. The van der Waals surface area contributed by atoms with Crippen LogP contribution in [0.3, 0.4) is 0 Å². The Morgan fingerprint density at radius 1 is 1.12 bits per heavy atom. The fourth-order valence-corrected chi connectivity index (χ4v) is 4.48. The van der Waals surface area contributed by atoms with Gasteiger partial charge in [0.15, 0.2) is 0 Å². The number of likely N-dealkylation sites (tertiary alicyclic amines) is 1. The van der Waals surface area contributed by atoms with E-state index in [-0.39, 0.29) is 42.6 Å². The predicted molar refractivity (Wildman–Crippen MR) is 132 cm³/mol. The molecule has 2 aliphatic rings. The van der Waals surface area contributed by atoms with Crippen LogP contribution in [0.1, 0.15) is 71.6 Å². The molecule has 0 aromatic carbocycles. The number of hydrogen-bond acceptors (Lipinski definition) is 6. The van der Waals surface area contributed by atoms with Crippen LogP contribution in [0.25, 0.3) is 0 Å². The Morgan fingerprint density at radius 3 is 2.53 bits per heavy atom. The number of amides is 3. The van der Waals surface area contributed by atoms with Gasteiger partial charge in [0.2, 0.25) is 17.7 Å². The van der Waals surface area contributed by atoms with E-state index < -0.39 is 12.0 Å². The summed E-state index contributed by atoms with van der Waals surface area (Å²) >= 11 is 0. The van der Waals surface area contributed by atoms with Crippen molar-refractivity contribution in [2.24, 2.45) is 11.8 Å². The summed E-state index contributed by atoms with van der Waals surface area (Å²) in [6, 6.07) is -0.917. The minimum atomic E-state index is -0.917. The minimum Gasteiger partial charge on any atom is -0.464 e. The molecule has 0 aromatic rings. The molecule has 2 heterocycles. The van der Waals surface area contributed by atoms with Crippen LogP contribution in [-0.4, -0.2) is 74.0 Å². The summed E-state index contributed by atoms with van der Waals surface area (Å²) in [4.78, 5) is 51.1. The molecule has 2 fully saturated rings. The molecule has 0 bridgehead atoms. The molecule has 196 valence electrons. The molecule has 9 nitrogen and oxygen atoms in total. The van der Waals surface area contributed by atoms with Gasteiger partial charge in [-0.05, 0) is 57.5 Å². The lowest BCUT2D eigenvalue weighted by Crippen LogP contribution is -2.51. The number of esters is 1. The lowest BCUT2D eigenvalue weighted by atomic mass is 9.92. The standard InChI is InChI=1S/C24H42N4O5.ClH/c1-3-4-5-15-33-24(32)21(27-18(2)29)16-26-23(31)20-7-6-14-28(17-20)22(30)9-8-19-10-12-25-13-11-19;/h19-21,25H,3-17H2,1-2H3,(H,26,31)(H,27,29);1H/t20-,21?;/m1./s1. The predicted octanol–water partition coefficient (Wildman–Crippen LogP) is 1.78. The van der Waals surface area contributed by atoms with E-state index in [9.17, 15) is 19.2 Å². The number of carbonyl (C=O) groups excluding carboxylic acids is 4. The Balaban J connectivity index is 0.00000578. The lowest BCUT2D eigenvalue weighted by molar-refractivity contribution is -0.147. The second-order valence-electron chi connectivity index (χ2n) is 9.28. The molecule has 2 saturated heterocycles. The Hall–Kier alpha value is -1.87. The van der Waals surface area contributed by atoms with E-state index in [4.69, 9.17) is 4.74 Å². The number of unbranched alkanes of at least 4 members (excludes halogenated alkanes) is 2. The van der Waals surface area contributed by atoms with Gasteiger partial charge in [0.25, 0.3) is 0 Å². The van der Waals surface area contributed by atoms with E-state index in [2.05, 4.69) is 22.9 Å². The Labute approximate surface area is 209 Å². The number of nitrogens with zero attached hydrogens (tertiary/aromatic N) is 1. The van der Waals surface area contributed by atoms with Crippen LogP contribution in [-0.2, 0) is 23.9 Å². The molecular weight excluding hydrogens is 460 g/mol. The number of ether oxygens (including phenoxy) is 1. The van der Waals surface area contributed by atoms with Crippen LogP contribution in [0.2, 0.25) is 0 Å². The van der Waals surface area contributed by atoms with Gasteiger partial charge in [0.05, 0.1) is 12.5 Å². The summed E-state index contributed by atoms with van der Waals surface area (Å²) in [7, 11) is 0. The third-order valence-corrected chi connectivity index (χ3v) is 6.50. The number of halogens is 1. The average Bonchev–Trinajstić information content (AvgIpc) is 2.83. The van der Waals surface area contributed by atoms with E-state index in [1.165, 1.54) is 6.92 Å². The molecule has 0 aliphatic carbocycles. The van der Waals surface area contributed by atoms with Crippen LogP contribution in [0.4, 0.5) is 0 Å². The maximum Gasteiger partial charge on any atom is 0.330 e. The first-order chi connectivity index (χ1) is 15.9. The van der Waals surface area contributed by atoms with Crippen molar-refractivity contribution in [3.8, 4) is 0 Å². The van der Waals surface area contributed by atoms with Crippen molar-refractivity contribution in [2.75, 3.05) is 39.3 Å². The van der Waals surface area contributed by atoms with Crippen molar-refractivity contribution >= 4 is 36.1 Å². The zero-order valence-corrected chi connectivity index (χ0v) is 21.6. The highest BCUT2D eigenvalue weighted by atomic mass is 35.5. The largest absolute Gasteiger partial charge is 0.464 e. The fraction of sp³-hybridized carbons (Fsp3) is 0.833. The maximum atomic E-state index is 12.8. The monoisotopic (exact) mass is 502 g/mol. The van der Waals surface area contributed by atoms with E-state index in [1.807, 2.05) is 4.90 Å². The highest BCUT2D eigenvalue weighted by molar-refractivity contribution is 5.86. The second-order valence-corrected chi connectivity index (χ2v) is 9.28. The minimum absolute atomic E-state index is 0. The van der Waals surface area contributed by atoms with Gasteiger partial charge in [-0.15, -0.1) is 12.4 Å². The molecule has 10 heteroatoms. The number of piperidine rings is 2. The highest BCUT2D eigenvalue weighted by Gasteiger charge is 2.30. The normalized spacial score (nSPS) is 19.5. The molecule has 3 amide bonds. The second kappa shape index (κ2) is 16.7. The number of nitrogens with one attached hydrogen (secondary N) is 3. The molecule has 0 radical (unpaired) electrons. The van der Waals surface area contributed by atoms with Crippen molar-refractivity contribution in [2.45, 2.75) is 77.7 Å². The Kier molecular flexibility index (Phi) is 14.8. The smallest absolute Gasteiger partial charge is 0.330 e. The molecule has 0 saturated carbocycles. The maximum absolute atomic E-state index is 12.8. The summed E-state index contributed by atoms with van der Waals surface area (Å²) in [5.41, 5.74) is 0. The van der Waals surface area contributed by atoms with E-state index >= 15 is 0 Å². The summed E-state index contributed by atoms with van der Waals surface area (Å²) < 4.78 is 5.25. The van der Waals surface area contributed by atoms with Crippen molar-refractivity contribution in [1.82, 2.24) is 20.9 Å². The third kappa shape index (κ3) is 11.0. The first-order valence-electron chi connectivity index (χ1n) is 12.6. The van der Waals surface area contributed by atoms with Gasteiger partial charge in [-0.25, -0.2) is 4.79 Å². The van der Waals surface area contributed by atoms with Gasteiger partial charge in [-0.3, -0.25) is 14.4 Å². The summed E-state index contributed by atoms with van der Waals surface area (Å²) in [6.45, 7) is 6.81. The summed E-state index contributed by atoms with van der Waals surface area (Å²) in [5.74, 6) is -0.674. The first kappa shape index (κ1) is 30.2. The van der Waals surface area contributed by atoms with Crippen LogP contribution >= 0.6 is 12.4 Å². The van der Waals surface area contributed by atoms with Gasteiger partial charge in [-0.2, -0.15) is 0 Å². The van der Waals surface area contributed by atoms with Crippen molar-refractivity contribution in [3.63, 3.8) is 0 Å². The van der Waals surface area contributed by atoms with Crippen molar-refractivity contribution < 1.29 is 23.9 Å². The Morgan fingerprint density at radius 2 is 1.85 bits per heavy atom. The number of rotatable bonds is 12. The van der Waals surface area contributed by atoms with Crippen molar-refractivity contribution in [3.05, 3.63) is 0 Å². The van der Waals surface area contributed by atoms with Crippen LogP contribution in [0.15, 0.2) is 0 Å². The molecule has 0 aromatic heterocycles. The Bertz CT molecular complexity index is 657. The van der Waals surface area contributed by atoms with Gasteiger partial charge in [-0.1, -0.05) is 19.8 Å². The zero-order valence-electron chi connectivity index (χ0n) is 20.7. The molecule has 2 aliphatic heterocycles. The molecule has 1 unspecified atom stereocenters. The first-order valence-corrected chi connectivity index (χ1v) is 12.6. The van der Waals surface area contributed by atoms with E-state index in [0.717, 1.165) is 58.0 Å². The highest BCUT2D eigenvalue weighted by Crippen LogP contribution is 2.21. The van der Waals surface area contributed by atoms with Crippen LogP contribution < -0.4 is 16.0 Å². The molecule has 2 atom stereocenters. The van der Waals surface area contributed by atoms with Crippen LogP contribution in [0.5, 0.6) is 0 Å². The van der Waals surface area contributed by atoms with Crippen molar-refractivity contribution in [1.29, 1.82) is 0 Å². The van der Waals surface area contributed by atoms with Gasteiger partial charge < -0.3 is 25.6 Å². The quantitative estimate of drug-likeness (QED) is 0.276. The molecular formula is C24H43ClN4O5. The van der Waals surface area contributed by atoms with E-state index in [1.54, 1.807) is 0 Å². The van der Waals surface area contributed by atoms with Gasteiger partial charge in [0, 0.05) is 33.0 Å². The number of hydrogen-bond donors (Lipinski definition) is 3. The van der Waals surface area contributed by atoms with Gasteiger partial charge >= 0.3 is 5.97 Å². The fourth-order valence-electron chi connectivity index (χ4n) is 4.48.